The summed E-state index contributed by atoms with van der Waals surface area (Å²) in [5.41, 5.74) is -8.42. The zero-order valence-electron chi connectivity index (χ0n) is 23.9. The van der Waals surface area contributed by atoms with Crippen molar-refractivity contribution in [3.63, 3.8) is 0 Å². The van der Waals surface area contributed by atoms with Gasteiger partial charge < -0.3 is 19.7 Å². The van der Waals surface area contributed by atoms with Gasteiger partial charge >= 0.3 is 5.69 Å². The van der Waals surface area contributed by atoms with E-state index in [-0.39, 0.29) is 0 Å². The second-order valence-corrected chi connectivity index (χ2v) is 13.8. The fourth-order valence-electron chi connectivity index (χ4n) is 5.90. The summed E-state index contributed by atoms with van der Waals surface area (Å²) in [7, 11) is -10.5. The van der Waals surface area contributed by atoms with E-state index in [2.05, 4.69) is 0 Å². The predicted molar refractivity (Wildman–Crippen MR) is 163 cm³/mol. The Bertz CT molecular complexity index is 1920. The molecule has 14 nitrogen and oxygen atoms in total. The van der Waals surface area contributed by atoms with Crippen molar-refractivity contribution in [1.29, 1.82) is 0 Å². The summed E-state index contributed by atoms with van der Waals surface area (Å²) in [6, 6.07) is 27.2. The highest BCUT2D eigenvalue weighted by Gasteiger charge is 2.69. The number of H-pyrrole nitrogens is 1. The van der Waals surface area contributed by atoms with Crippen LogP contribution in [0.25, 0.3) is 0 Å². The summed E-state index contributed by atoms with van der Waals surface area (Å²) in [6.45, 7) is -0.785. The van der Waals surface area contributed by atoms with E-state index in [9.17, 15) is 45.7 Å². The van der Waals surface area contributed by atoms with E-state index in [1.165, 1.54) is 0 Å². The maximum absolute atomic E-state index is 12.8. The molecule has 4 aromatic rings. The van der Waals surface area contributed by atoms with E-state index in [4.69, 9.17) is 9.47 Å². The summed E-state index contributed by atoms with van der Waals surface area (Å²) in [4.78, 5) is 26.4. The molecule has 4 atom stereocenters. The molecular formula is C30H30N2O12S2. The molecule has 1 saturated heterocycles. The quantitative estimate of drug-likeness (QED) is 0.109. The maximum atomic E-state index is 12.8. The van der Waals surface area contributed by atoms with Crippen LogP contribution >= 0.6 is 0 Å². The van der Waals surface area contributed by atoms with Crippen LogP contribution in [-0.2, 0) is 35.3 Å². The zero-order chi connectivity index (χ0) is 33.4. The van der Waals surface area contributed by atoms with Crippen LogP contribution in [0.1, 0.15) is 22.9 Å². The van der Waals surface area contributed by atoms with Gasteiger partial charge in [0, 0.05) is 12.3 Å². The number of aromatic nitrogens is 2. The van der Waals surface area contributed by atoms with E-state index in [0.717, 1.165) is 12.3 Å². The SMILES string of the molecule is O=c1ccn([C@@H]2O[C@H](COC(c3ccccc3)(c3ccccc3)c3ccccc3)[C@](O)(CS(=O)(=O)O)[C@]2(O)CS(=O)(=O)O)c(=O)[nH]1. The lowest BCUT2D eigenvalue weighted by Crippen LogP contribution is -2.65. The number of aromatic amines is 1. The second kappa shape index (κ2) is 12.3. The molecule has 1 aromatic heterocycles. The summed E-state index contributed by atoms with van der Waals surface area (Å²) < 4.78 is 81.6. The number of aliphatic hydroxyl groups is 2. The molecule has 0 saturated carbocycles. The van der Waals surface area contributed by atoms with Gasteiger partial charge in [-0.15, -0.1) is 0 Å². The van der Waals surface area contributed by atoms with E-state index < -0.39 is 78.7 Å². The van der Waals surface area contributed by atoms with Crippen LogP contribution in [-0.4, -0.2) is 81.1 Å². The molecule has 16 heteroatoms. The van der Waals surface area contributed by atoms with E-state index in [0.29, 0.717) is 21.3 Å². The Morgan fingerprint density at radius 2 is 1.17 bits per heavy atom. The average molecular weight is 675 g/mol. The molecule has 0 unspecified atom stereocenters. The molecule has 2 heterocycles. The predicted octanol–water partition coefficient (Wildman–Crippen LogP) is 0.681. The topological polar surface area (TPSA) is 223 Å². The third-order valence-corrected chi connectivity index (χ3v) is 9.49. The van der Waals surface area contributed by atoms with Gasteiger partial charge in [-0.25, -0.2) is 4.79 Å². The molecule has 244 valence electrons. The fourth-order valence-corrected chi connectivity index (χ4v) is 7.84. The fraction of sp³-hybridized carbons (Fsp3) is 0.267. The van der Waals surface area contributed by atoms with Gasteiger partial charge in [0.2, 0.25) is 0 Å². The highest BCUT2D eigenvalue weighted by atomic mass is 32.2. The number of hydrogen-bond acceptors (Lipinski definition) is 10. The van der Waals surface area contributed by atoms with Crippen molar-refractivity contribution >= 4 is 20.2 Å². The van der Waals surface area contributed by atoms with Crippen molar-refractivity contribution in [3.05, 3.63) is 141 Å². The summed E-state index contributed by atoms with van der Waals surface area (Å²) in [5.74, 6) is -3.45. The molecule has 0 bridgehead atoms. The van der Waals surface area contributed by atoms with Crippen molar-refractivity contribution in [2.45, 2.75) is 29.1 Å². The second-order valence-electron chi connectivity index (χ2n) is 10.9. The Balaban J connectivity index is 1.71. The third kappa shape index (κ3) is 6.33. The van der Waals surface area contributed by atoms with Crippen molar-refractivity contribution in [2.75, 3.05) is 18.1 Å². The van der Waals surface area contributed by atoms with Crippen molar-refractivity contribution in [1.82, 2.24) is 9.55 Å². The molecule has 0 radical (unpaired) electrons. The van der Waals surface area contributed by atoms with Crippen LogP contribution in [0, 0.1) is 0 Å². The van der Waals surface area contributed by atoms with Crippen molar-refractivity contribution in [2.24, 2.45) is 0 Å². The summed E-state index contributed by atoms with van der Waals surface area (Å²) >= 11 is 0. The van der Waals surface area contributed by atoms with Gasteiger partial charge in [-0.1, -0.05) is 91.0 Å². The lowest BCUT2D eigenvalue weighted by atomic mass is 9.79. The van der Waals surface area contributed by atoms with Crippen molar-refractivity contribution < 1.29 is 45.6 Å². The molecular weight excluding hydrogens is 644 g/mol. The van der Waals surface area contributed by atoms with Gasteiger partial charge in [0.05, 0.1) is 6.61 Å². The van der Waals surface area contributed by atoms with Crippen LogP contribution < -0.4 is 11.2 Å². The maximum Gasteiger partial charge on any atom is 0.330 e. The summed E-state index contributed by atoms with van der Waals surface area (Å²) in [5, 5.41) is 23.9. The van der Waals surface area contributed by atoms with Crippen LogP contribution in [0.3, 0.4) is 0 Å². The van der Waals surface area contributed by atoms with E-state index in [1.54, 1.807) is 91.0 Å². The molecule has 0 aliphatic carbocycles. The first-order valence-electron chi connectivity index (χ1n) is 13.7. The summed E-state index contributed by atoms with van der Waals surface area (Å²) in [6.07, 6.45) is -3.39. The largest absolute Gasteiger partial charge is 0.383 e. The number of nitrogens with one attached hydrogen (secondary N) is 1. The standard InChI is InChI=1S/C30H30N2O12S2/c33-25-16-17-32(27(34)31-25)26-29(36,20-46(40,41)42)28(35,19-45(37,38)39)24(44-26)18-43-30(21-10-4-1-5-11-21,22-12-6-2-7-13-22)23-14-8-3-9-15-23/h1-17,24,26,35-36H,18-20H2,(H,31,33,34)(H,37,38,39)(H,40,41,42)/t24-,26-,28-,29+/m1/s1. The van der Waals surface area contributed by atoms with Crippen LogP contribution in [0.2, 0.25) is 0 Å². The van der Waals surface area contributed by atoms with Crippen LogP contribution in [0.15, 0.2) is 113 Å². The molecule has 1 fully saturated rings. The lowest BCUT2D eigenvalue weighted by Gasteiger charge is -2.41. The monoisotopic (exact) mass is 674 g/mol. The van der Waals surface area contributed by atoms with Crippen LogP contribution in [0.5, 0.6) is 0 Å². The van der Waals surface area contributed by atoms with Gasteiger partial charge in [0.25, 0.3) is 25.8 Å². The van der Waals surface area contributed by atoms with Gasteiger partial charge in [-0.05, 0) is 16.7 Å². The number of rotatable bonds is 11. The number of ether oxygens (including phenoxy) is 2. The first kappa shape index (κ1) is 33.4. The number of nitrogens with zero attached hydrogens (tertiary/aromatic N) is 1. The number of hydrogen-bond donors (Lipinski definition) is 5. The molecule has 0 amide bonds. The Labute approximate surface area is 263 Å². The van der Waals surface area contributed by atoms with Gasteiger partial charge in [-0.2, -0.15) is 16.8 Å². The van der Waals surface area contributed by atoms with Crippen LogP contribution in [0.4, 0.5) is 0 Å². The first-order chi connectivity index (χ1) is 21.6. The number of benzene rings is 3. The Morgan fingerprint density at radius 1 is 0.739 bits per heavy atom. The molecule has 1 aliphatic heterocycles. The van der Waals surface area contributed by atoms with Gasteiger partial charge in [-0.3, -0.25) is 23.5 Å². The Morgan fingerprint density at radius 3 is 1.59 bits per heavy atom. The Hall–Kier alpha value is -4.00. The molecule has 5 rings (SSSR count). The van der Waals surface area contributed by atoms with E-state index in [1.807, 2.05) is 4.98 Å². The minimum Gasteiger partial charge on any atom is -0.383 e. The smallest absolute Gasteiger partial charge is 0.330 e. The van der Waals surface area contributed by atoms with Gasteiger partial charge in [0.15, 0.2) is 11.8 Å². The normalized spacial score (nSPS) is 23.7. The average Bonchev–Trinajstić information content (AvgIpc) is 3.18. The lowest BCUT2D eigenvalue weighted by molar-refractivity contribution is -0.138. The molecule has 1 aliphatic rings. The molecule has 5 N–H and O–H groups in total. The molecule has 46 heavy (non-hydrogen) atoms. The van der Waals surface area contributed by atoms with Crippen molar-refractivity contribution in [3.8, 4) is 0 Å². The minimum absolute atomic E-state index is 0.514. The minimum atomic E-state index is -5.24. The zero-order valence-corrected chi connectivity index (χ0v) is 25.5. The molecule has 3 aromatic carbocycles. The highest BCUT2D eigenvalue weighted by molar-refractivity contribution is 7.86. The van der Waals surface area contributed by atoms with E-state index >= 15 is 0 Å². The first-order valence-corrected chi connectivity index (χ1v) is 16.9. The molecule has 0 spiro atoms. The third-order valence-electron chi connectivity index (χ3n) is 7.88. The Kier molecular flexibility index (Phi) is 8.93. The van der Waals surface area contributed by atoms with Gasteiger partial charge in [0.1, 0.15) is 28.8 Å². The highest BCUT2D eigenvalue weighted by Crippen LogP contribution is 2.48.